The van der Waals surface area contributed by atoms with Gasteiger partial charge in [-0.05, 0) is 12.1 Å². The molecule has 4 N–H and O–H groups in total. The van der Waals surface area contributed by atoms with Gasteiger partial charge in [0.1, 0.15) is 0 Å². The first-order valence-corrected chi connectivity index (χ1v) is 3.74. The maximum absolute atomic E-state index is 8.45. The van der Waals surface area contributed by atoms with E-state index in [4.69, 9.17) is 28.3 Å². The number of nitrogens with zero attached hydrogens (tertiary/aromatic N) is 1. The molecular formula is C8H8ClN3. The van der Waals surface area contributed by atoms with Crippen molar-refractivity contribution >= 4 is 23.0 Å². The van der Waals surface area contributed by atoms with Gasteiger partial charge < -0.3 is 11.5 Å². The lowest BCUT2D eigenvalue weighted by atomic mass is 10.1. The molecule has 0 aliphatic rings. The van der Waals surface area contributed by atoms with E-state index in [-0.39, 0.29) is 6.42 Å². The standard InChI is InChI=1S/C8H8ClN3/c9-6-1-2-7(11)8(12)5(6)3-4-10/h1-2H,3,11-12H2. The summed E-state index contributed by atoms with van der Waals surface area (Å²) in [6.45, 7) is 0. The number of hydrogen-bond donors (Lipinski definition) is 2. The molecule has 1 aromatic rings. The van der Waals surface area contributed by atoms with Crippen LogP contribution in [0.4, 0.5) is 11.4 Å². The largest absolute Gasteiger partial charge is 0.397 e. The summed E-state index contributed by atoms with van der Waals surface area (Å²) >= 11 is 5.79. The maximum Gasteiger partial charge on any atom is 0.0671 e. The zero-order valence-electron chi connectivity index (χ0n) is 6.34. The van der Waals surface area contributed by atoms with Crippen LogP contribution in [-0.4, -0.2) is 0 Å². The Kier molecular flexibility index (Phi) is 2.41. The minimum Gasteiger partial charge on any atom is -0.397 e. The van der Waals surface area contributed by atoms with Crippen molar-refractivity contribution in [2.75, 3.05) is 11.5 Å². The van der Waals surface area contributed by atoms with Crippen LogP contribution in [0.3, 0.4) is 0 Å². The first-order valence-electron chi connectivity index (χ1n) is 3.36. The summed E-state index contributed by atoms with van der Waals surface area (Å²) in [5, 5.41) is 8.94. The molecule has 12 heavy (non-hydrogen) atoms. The number of hydrogen-bond acceptors (Lipinski definition) is 3. The van der Waals surface area contributed by atoms with Gasteiger partial charge in [0.2, 0.25) is 0 Å². The number of rotatable bonds is 1. The molecule has 0 aliphatic heterocycles. The van der Waals surface area contributed by atoms with Gasteiger partial charge in [-0.25, -0.2) is 0 Å². The van der Waals surface area contributed by atoms with Gasteiger partial charge >= 0.3 is 0 Å². The summed E-state index contributed by atoms with van der Waals surface area (Å²) in [5.74, 6) is 0. The molecule has 1 aromatic carbocycles. The lowest BCUT2D eigenvalue weighted by Crippen LogP contribution is -1.99. The Balaban J connectivity index is 3.25. The number of anilines is 2. The predicted molar refractivity (Wildman–Crippen MR) is 49.6 cm³/mol. The van der Waals surface area contributed by atoms with Gasteiger partial charge in [-0.15, -0.1) is 0 Å². The molecule has 0 bridgehead atoms. The maximum atomic E-state index is 8.45. The van der Waals surface area contributed by atoms with Gasteiger partial charge in [-0.3, -0.25) is 0 Å². The van der Waals surface area contributed by atoms with E-state index in [1.54, 1.807) is 12.1 Å². The van der Waals surface area contributed by atoms with E-state index in [1.165, 1.54) is 0 Å². The molecule has 0 aromatic heterocycles. The molecule has 3 nitrogen and oxygen atoms in total. The number of nitrogens with two attached hydrogens (primary N) is 2. The van der Waals surface area contributed by atoms with E-state index in [1.807, 2.05) is 6.07 Å². The Bertz CT molecular complexity index is 341. The Labute approximate surface area is 75.5 Å². The van der Waals surface area contributed by atoms with Crippen LogP contribution in [0.1, 0.15) is 5.56 Å². The van der Waals surface area contributed by atoms with Gasteiger partial charge in [0.25, 0.3) is 0 Å². The smallest absolute Gasteiger partial charge is 0.0671 e. The van der Waals surface area contributed by atoms with Gasteiger partial charge in [0.15, 0.2) is 0 Å². The van der Waals surface area contributed by atoms with Crippen molar-refractivity contribution in [1.82, 2.24) is 0 Å². The molecule has 0 saturated heterocycles. The zero-order chi connectivity index (χ0) is 9.14. The zero-order valence-corrected chi connectivity index (χ0v) is 7.10. The first-order chi connectivity index (χ1) is 5.66. The molecular weight excluding hydrogens is 174 g/mol. The van der Waals surface area contributed by atoms with Gasteiger partial charge in [-0.2, -0.15) is 5.26 Å². The topological polar surface area (TPSA) is 75.8 Å². The highest BCUT2D eigenvalue weighted by atomic mass is 35.5. The van der Waals surface area contributed by atoms with E-state index >= 15 is 0 Å². The van der Waals surface area contributed by atoms with Crippen LogP contribution in [0.2, 0.25) is 5.02 Å². The average molecular weight is 182 g/mol. The molecule has 0 aliphatic carbocycles. The van der Waals surface area contributed by atoms with E-state index in [0.29, 0.717) is 22.0 Å². The third-order valence-electron chi connectivity index (χ3n) is 1.59. The van der Waals surface area contributed by atoms with Crippen molar-refractivity contribution in [2.24, 2.45) is 0 Å². The van der Waals surface area contributed by atoms with E-state index in [9.17, 15) is 0 Å². The molecule has 62 valence electrons. The van der Waals surface area contributed by atoms with Gasteiger partial charge in [0, 0.05) is 10.6 Å². The second-order valence-corrected chi connectivity index (χ2v) is 2.77. The van der Waals surface area contributed by atoms with Crippen molar-refractivity contribution in [3.05, 3.63) is 22.7 Å². The highest BCUT2D eigenvalue weighted by molar-refractivity contribution is 6.32. The van der Waals surface area contributed by atoms with Gasteiger partial charge in [-0.1, -0.05) is 11.6 Å². The van der Waals surface area contributed by atoms with Crippen LogP contribution in [0, 0.1) is 11.3 Å². The summed E-state index contributed by atoms with van der Waals surface area (Å²) in [7, 11) is 0. The minimum atomic E-state index is 0.190. The fourth-order valence-corrected chi connectivity index (χ4v) is 1.15. The molecule has 0 radical (unpaired) electrons. The SMILES string of the molecule is N#CCc1c(Cl)ccc(N)c1N. The summed E-state index contributed by atoms with van der Waals surface area (Å²) < 4.78 is 0. The van der Waals surface area contributed by atoms with Crippen LogP contribution in [0.5, 0.6) is 0 Å². The quantitative estimate of drug-likeness (QED) is 0.646. The van der Waals surface area contributed by atoms with Crippen LogP contribution in [-0.2, 0) is 6.42 Å². The van der Waals surface area contributed by atoms with Crippen molar-refractivity contribution in [3.8, 4) is 6.07 Å². The van der Waals surface area contributed by atoms with E-state index in [2.05, 4.69) is 0 Å². The van der Waals surface area contributed by atoms with Gasteiger partial charge in [0.05, 0.1) is 23.9 Å². The van der Waals surface area contributed by atoms with Crippen molar-refractivity contribution < 1.29 is 0 Å². The Morgan fingerprint density at radius 2 is 2.08 bits per heavy atom. The molecule has 0 saturated carbocycles. The summed E-state index contributed by atoms with van der Waals surface area (Å²) in [6.07, 6.45) is 0.190. The van der Waals surface area contributed by atoms with E-state index in [0.717, 1.165) is 0 Å². The fraction of sp³-hybridized carbons (Fsp3) is 0.125. The molecule has 0 amide bonds. The fourth-order valence-electron chi connectivity index (χ4n) is 0.915. The summed E-state index contributed by atoms with van der Waals surface area (Å²) in [6, 6.07) is 5.24. The Hall–Kier alpha value is -1.40. The minimum absolute atomic E-state index is 0.190. The normalized spacial score (nSPS) is 9.33. The second-order valence-electron chi connectivity index (χ2n) is 2.36. The number of nitrogen functional groups attached to an aromatic ring is 2. The third-order valence-corrected chi connectivity index (χ3v) is 1.94. The number of benzene rings is 1. The average Bonchev–Trinajstić information content (AvgIpc) is 2.06. The highest BCUT2D eigenvalue weighted by Gasteiger charge is 2.06. The first kappa shape index (κ1) is 8.69. The number of halogens is 1. The molecule has 4 heteroatoms. The van der Waals surface area contributed by atoms with Crippen molar-refractivity contribution in [3.63, 3.8) is 0 Å². The molecule has 0 atom stereocenters. The highest BCUT2D eigenvalue weighted by Crippen LogP contribution is 2.27. The van der Waals surface area contributed by atoms with Crippen LogP contribution >= 0.6 is 11.6 Å². The lowest BCUT2D eigenvalue weighted by Gasteiger charge is -2.06. The lowest BCUT2D eigenvalue weighted by molar-refractivity contribution is 1.27. The monoisotopic (exact) mass is 181 g/mol. The Morgan fingerprint density at radius 3 is 2.67 bits per heavy atom. The molecule has 0 spiro atoms. The molecule has 0 unspecified atom stereocenters. The summed E-state index contributed by atoms with van der Waals surface area (Å²) in [5.41, 5.74) is 12.6. The third kappa shape index (κ3) is 1.44. The van der Waals surface area contributed by atoms with Crippen LogP contribution < -0.4 is 11.5 Å². The van der Waals surface area contributed by atoms with E-state index < -0.39 is 0 Å². The molecule has 0 fully saturated rings. The predicted octanol–water partition coefficient (Wildman–Crippen LogP) is 1.57. The van der Waals surface area contributed by atoms with Crippen LogP contribution in [0.25, 0.3) is 0 Å². The number of nitriles is 1. The van der Waals surface area contributed by atoms with Crippen molar-refractivity contribution in [1.29, 1.82) is 5.26 Å². The van der Waals surface area contributed by atoms with Crippen LogP contribution in [0.15, 0.2) is 12.1 Å². The van der Waals surface area contributed by atoms with Crippen molar-refractivity contribution in [2.45, 2.75) is 6.42 Å². The summed E-state index contributed by atoms with van der Waals surface area (Å²) in [4.78, 5) is 0. The molecule has 1 rings (SSSR count). The Morgan fingerprint density at radius 1 is 1.42 bits per heavy atom. The second kappa shape index (κ2) is 3.33. The molecule has 0 heterocycles.